The first kappa shape index (κ1) is 15.7. The second-order valence-corrected chi connectivity index (χ2v) is 5.57. The van der Waals surface area contributed by atoms with Crippen molar-refractivity contribution in [2.75, 3.05) is 26.2 Å². The highest BCUT2D eigenvalue weighted by Crippen LogP contribution is 2.34. The molecule has 1 rings (SSSR count). The molecule has 0 spiro atoms. The molecule has 0 aromatic heterocycles. The quantitative estimate of drug-likeness (QED) is 0.798. The highest BCUT2D eigenvalue weighted by Gasteiger charge is 2.40. The molecule has 0 aliphatic carbocycles. The number of hydrogen-bond donors (Lipinski definition) is 2. The molecule has 3 nitrogen and oxygen atoms in total. The summed E-state index contributed by atoms with van der Waals surface area (Å²) in [4.78, 5) is 2.05. The van der Waals surface area contributed by atoms with Gasteiger partial charge in [0.25, 0.3) is 0 Å². The molecule has 6 heteroatoms. The van der Waals surface area contributed by atoms with Crippen molar-refractivity contribution in [1.29, 1.82) is 0 Å². The smallest absolute Gasteiger partial charge is 0.391 e. The van der Waals surface area contributed by atoms with Gasteiger partial charge in [0.05, 0.1) is 12.5 Å². The lowest BCUT2D eigenvalue weighted by molar-refractivity contribution is -0.185. The second-order valence-electron chi connectivity index (χ2n) is 5.57. The Kier molecular flexibility index (Phi) is 5.43. The molecule has 0 amide bonds. The maximum absolute atomic E-state index is 12.5. The molecule has 0 saturated carbocycles. The summed E-state index contributed by atoms with van der Waals surface area (Å²) in [6, 6.07) is 0. The minimum atomic E-state index is -4.04. The lowest BCUT2D eigenvalue weighted by atomic mass is 9.95. The number of likely N-dealkylation sites (tertiary alicyclic amines) is 1. The Labute approximate surface area is 106 Å². The molecule has 1 aliphatic heterocycles. The molecule has 3 N–H and O–H groups in total. The van der Waals surface area contributed by atoms with Crippen LogP contribution in [0.15, 0.2) is 0 Å². The molecule has 1 fully saturated rings. The molecule has 1 heterocycles. The number of nitrogens with zero attached hydrogens (tertiary/aromatic N) is 1. The number of aliphatic hydroxyl groups is 1. The third-order valence-corrected chi connectivity index (χ3v) is 3.63. The Balaban J connectivity index is 2.20. The first-order valence-corrected chi connectivity index (χ1v) is 6.43. The van der Waals surface area contributed by atoms with Gasteiger partial charge >= 0.3 is 6.18 Å². The van der Waals surface area contributed by atoms with Gasteiger partial charge in [-0.25, -0.2) is 0 Å². The average molecular weight is 268 g/mol. The molecule has 18 heavy (non-hydrogen) atoms. The molecule has 1 aliphatic rings. The van der Waals surface area contributed by atoms with Crippen LogP contribution in [0.2, 0.25) is 0 Å². The molecule has 0 aromatic rings. The lowest BCUT2D eigenvalue weighted by Gasteiger charge is -2.33. The van der Waals surface area contributed by atoms with Gasteiger partial charge in [-0.15, -0.1) is 0 Å². The minimum absolute atomic E-state index is 0.0663. The fourth-order valence-corrected chi connectivity index (χ4v) is 2.27. The molecule has 0 radical (unpaired) electrons. The molecular weight excluding hydrogens is 245 g/mol. The standard InChI is InChI=1S/C12H23F3N2O/c1-11(16,9-18)5-2-6-17-7-3-10(4-8-17)12(13,14)15/h10,18H,2-9,16H2,1H3. The van der Waals surface area contributed by atoms with Gasteiger partial charge in [0.15, 0.2) is 0 Å². The van der Waals surface area contributed by atoms with E-state index in [9.17, 15) is 13.2 Å². The minimum Gasteiger partial charge on any atom is -0.394 e. The fourth-order valence-electron chi connectivity index (χ4n) is 2.27. The third-order valence-electron chi connectivity index (χ3n) is 3.63. The van der Waals surface area contributed by atoms with Crippen molar-refractivity contribution in [1.82, 2.24) is 4.90 Å². The van der Waals surface area contributed by atoms with Gasteiger partial charge in [-0.2, -0.15) is 13.2 Å². The number of piperidine rings is 1. The summed E-state index contributed by atoms with van der Waals surface area (Å²) in [5.41, 5.74) is 5.21. The van der Waals surface area contributed by atoms with Gasteiger partial charge in [0.1, 0.15) is 0 Å². The number of aliphatic hydroxyl groups excluding tert-OH is 1. The van der Waals surface area contributed by atoms with Gasteiger partial charge < -0.3 is 15.7 Å². The maximum Gasteiger partial charge on any atom is 0.391 e. The average Bonchev–Trinajstić information content (AvgIpc) is 2.28. The molecular formula is C12H23F3N2O. The lowest BCUT2D eigenvalue weighted by Crippen LogP contribution is -2.42. The summed E-state index contributed by atoms with van der Waals surface area (Å²) in [7, 11) is 0. The Morgan fingerprint density at radius 1 is 1.28 bits per heavy atom. The summed E-state index contributed by atoms with van der Waals surface area (Å²) in [6.45, 7) is 3.48. The second kappa shape index (κ2) is 6.21. The Morgan fingerprint density at radius 3 is 2.28 bits per heavy atom. The van der Waals surface area contributed by atoms with Gasteiger partial charge in [0.2, 0.25) is 0 Å². The fraction of sp³-hybridized carbons (Fsp3) is 1.00. The van der Waals surface area contributed by atoms with Crippen LogP contribution in [0.25, 0.3) is 0 Å². The summed E-state index contributed by atoms with van der Waals surface area (Å²) in [6.07, 6.45) is -2.15. The van der Waals surface area contributed by atoms with E-state index in [2.05, 4.69) is 4.90 Å². The van der Waals surface area contributed by atoms with Gasteiger partial charge in [-0.1, -0.05) is 0 Å². The molecule has 108 valence electrons. The van der Waals surface area contributed by atoms with Crippen molar-refractivity contribution in [2.24, 2.45) is 11.7 Å². The van der Waals surface area contributed by atoms with Crippen LogP contribution in [0, 0.1) is 5.92 Å². The normalized spacial score (nSPS) is 23.0. The number of hydrogen-bond acceptors (Lipinski definition) is 3. The van der Waals surface area contributed by atoms with E-state index in [4.69, 9.17) is 10.8 Å². The largest absolute Gasteiger partial charge is 0.394 e. The van der Waals surface area contributed by atoms with Gasteiger partial charge in [-0.05, 0) is 52.2 Å². The predicted octanol–water partition coefficient (Wildman–Crippen LogP) is 1.75. The Hall–Kier alpha value is -0.330. The SMILES string of the molecule is CC(N)(CO)CCCN1CCC(C(F)(F)F)CC1. The van der Waals surface area contributed by atoms with Crippen LogP contribution in [-0.4, -0.2) is 48.0 Å². The van der Waals surface area contributed by atoms with Crippen molar-refractivity contribution >= 4 is 0 Å². The maximum atomic E-state index is 12.5. The van der Waals surface area contributed by atoms with Crippen LogP contribution >= 0.6 is 0 Å². The summed E-state index contributed by atoms with van der Waals surface area (Å²) in [5.74, 6) is -1.13. The zero-order valence-electron chi connectivity index (χ0n) is 10.8. The zero-order chi connectivity index (χ0) is 13.8. The first-order chi connectivity index (χ1) is 8.24. The monoisotopic (exact) mass is 268 g/mol. The van der Waals surface area contributed by atoms with Gasteiger partial charge in [0, 0.05) is 5.54 Å². The van der Waals surface area contributed by atoms with Crippen molar-refractivity contribution in [3.05, 3.63) is 0 Å². The summed E-state index contributed by atoms with van der Waals surface area (Å²) >= 11 is 0. The predicted molar refractivity (Wildman–Crippen MR) is 64.1 cm³/mol. The van der Waals surface area contributed by atoms with E-state index in [1.807, 2.05) is 0 Å². The summed E-state index contributed by atoms with van der Waals surface area (Å²) < 4.78 is 37.4. The van der Waals surface area contributed by atoms with E-state index in [1.165, 1.54) is 0 Å². The van der Waals surface area contributed by atoms with Crippen molar-refractivity contribution in [3.63, 3.8) is 0 Å². The number of nitrogens with two attached hydrogens (primary N) is 1. The number of halogens is 3. The van der Waals surface area contributed by atoms with Crippen LogP contribution in [0.5, 0.6) is 0 Å². The van der Waals surface area contributed by atoms with E-state index < -0.39 is 17.6 Å². The van der Waals surface area contributed by atoms with E-state index in [0.717, 1.165) is 13.0 Å². The molecule has 0 aromatic carbocycles. The zero-order valence-corrected chi connectivity index (χ0v) is 10.8. The number of alkyl halides is 3. The Bertz CT molecular complexity index is 248. The number of rotatable bonds is 5. The molecule has 0 bridgehead atoms. The molecule has 1 atom stereocenters. The van der Waals surface area contributed by atoms with Crippen molar-refractivity contribution in [3.8, 4) is 0 Å². The van der Waals surface area contributed by atoms with Crippen LogP contribution in [0.4, 0.5) is 13.2 Å². The van der Waals surface area contributed by atoms with E-state index in [0.29, 0.717) is 19.5 Å². The van der Waals surface area contributed by atoms with Gasteiger partial charge in [-0.3, -0.25) is 0 Å². The van der Waals surface area contributed by atoms with Crippen LogP contribution in [0.1, 0.15) is 32.6 Å². The summed E-state index contributed by atoms with van der Waals surface area (Å²) in [5, 5.41) is 8.99. The van der Waals surface area contributed by atoms with E-state index in [1.54, 1.807) is 6.92 Å². The highest BCUT2D eigenvalue weighted by atomic mass is 19.4. The van der Waals surface area contributed by atoms with E-state index in [-0.39, 0.29) is 19.4 Å². The van der Waals surface area contributed by atoms with Crippen LogP contribution < -0.4 is 5.73 Å². The molecule has 1 unspecified atom stereocenters. The van der Waals surface area contributed by atoms with Crippen LogP contribution in [0.3, 0.4) is 0 Å². The topological polar surface area (TPSA) is 49.5 Å². The van der Waals surface area contributed by atoms with Crippen LogP contribution in [-0.2, 0) is 0 Å². The first-order valence-electron chi connectivity index (χ1n) is 6.43. The molecule has 1 saturated heterocycles. The van der Waals surface area contributed by atoms with E-state index >= 15 is 0 Å². The third kappa shape index (κ3) is 5.12. The van der Waals surface area contributed by atoms with Crippen molar-refractivity contribution in [2.45, 2.75) is 44.3 Å². The Morgan fingerprint density at radius 2 is 1.83 bits per heavy atom. The highest BCUT2D eigenvalue weighted by molar-refractivity contribution is 4.80. The van der Waals surface area contributed by atoms with Crippen molar-refractivity contribution < 1.29 is 18.3 Å².